The minimum Gasteiger partial charge on any atom is -0.445 e. The topological polar surface area (TPSA) is 59.0 Å². The molecule has 1 saturated heterocycles. The van der Waals surface area contributed by atoms with E-state index in [1.807, 2.05) is 54.6 Å². The fourth-order valence-electron chi connectivity index (χ4n) is 5.49. The molecule has 2 atom stereocenters. The number of likely N-dealkylation sites (tertiary alicyclic amines) is 1. The molecule has 0 aromatic heterocycles. The largest absolute Gasteiger partial charge is 0.445 e. The van der Waals surface area contributed by atoms with Crippen molar-refractivity contribution >= 4 is 6.09 Å². The van der Waals surface area contributed by atoms with Gasteiger partial charge >= 0.3 is 6.09 Å². The highest BCUT2D eigenvalue weighted by molar-refractivity contribution is 5.69. The average molecular weight is 534 g/mol. The summed E-state index contributed by atoms with van der Waals surface area (Å²) in [5.74, 6) is -0.109. The number of hydrogen-bond donors (Lipinski definition) is 1. The van der Waals surface area contributed by atoms with E-state index in [1.54, 1.807) is 18.1 Å². The highest BCUT2D eigenvalue weighted by Crippen LogP contribution is 2.35. The molecule has 6 heteroatoms. The van der Waals surface area contributed by atoms with Crippen molar-refractivity contribution < 1.29 is 23.8 Å². The highest BCUT2D eigenvalue weighted by atomic mass is 19.1. The molecule has 0 spiro atoms. The Morgan fingerprint density at radius 3 is 2.44 bits per heavy atom. The van der Waals surface area contributed by atoms with E-state index in [0.29, 0.717) is 31.5 Å². The van der Waals surface area contributed by atoms with Gasteiger partial charge in [-0.1, -0.05) is 73.7 Å². The molecule has 0 aliphatic carbocycles. The molecular formula is C33H40FNO4. The fraction of sp³-hybridized carbons (Fsp3) is 0.424. The van der Waals surface area contributed by atoms with Crippen LogP contribution in [-0.2, 0) is 22.5 Å². The summed E-state index contributed by atoms with van der Waals surface area (Å²) in [6.07, 6.45) is 3.44. The van der Waals surface area contributed by atoms with Crippen LogP contribution in [0.4, 0.5) is 9.18 Å². The van der Waals surface area contributed by atoms with Gasteiger partial charge < -0.3 is 19.5 Å². The molecule has 1 N–H and O–H groups in total. The van der Waals surface area contributed by atoms with E-state index in [2.05, 4.69) is 13.0 Å². The average Bonchev–Trinajstić information content (AvgIpc) is 2.98. The number of benzene rings is 3. The van der Waals surface area contributed by atoms with Gasteiger partial charge in [0.2, 0.25) is 0 Å². The molecule has 0 bridgehead atoms. The Bertz CT molecular complexity index is 1190. The maximum Gasteiger partial charge on any atom is 0.410 e. The first-order valence-electron chi connectivity index (χ1n) is 14.0. The molecule has 1 aliphatic rings. The summed E-state index contributed by atoms with van der Waals surface area (Å²) in [5, 5.41) is 10.9. The van der Waals surface area contributed by atoms with E-state index in [1.165, 1.54) is 6.07 Å². The normalized spacial score (nSPS) is 15.6. The summed E-state index contributed by atoms with van der Waals surface area (Å²) in [5.41, 5.74) is 4.41. The number of aliphatic hydroxyl groups is 1. The van der Waals surface area contributed by atoms with E-state index in [4.69, 9.17) is 9.47 Å². The summed E-state index contributed by atoms with van der Waals surface area (Å²) < 4.78 is 26.3. The second-order valence-corrected chi connectivity index (χ2v) is 10.3. The monoisotopic (exact) mass is 533 g/mol. The number of amides is 1. The first-order valence-corrected chi connectivity index (χ1v) is 14.0. The van der Waals surface area contributed by atoms with Gasteiger partial charge in [0.15, 0.2) is 0 Å². The number of halogens is 1. The summed E-state index contributed by atoms with van der Waals surface area (Å²) in [7, 11) is 1.66. The molecule has 3 aromatic carbocycles. The molecule has 3 aromatic rings. The van der Waals surface area contributed by atoms with Gasteiger partial charge in [0.05, 0.1) is 12.2 Å². The van der Waals surface area contributed by atoms with Crippen molar-refractivity contribution in [2.24, 2.45) is 5.92 Å². The molecule has 4 rings (SSSR count). The van der Waals surface area contributed by atoms with Gasteiger partial charge in [0.1, 0.15) is 12.4 Å². The Labute approximate surface area is 231 Å². The van der Waals surface area contributed by atoms with Gasteiger partial charge in [-0.2, -0.15) is 0 Å². The van der Waals surface area contributed by atoms with Crippen LogP contribution in [0, 0.1) is 11.7 Å². The zero-order valence-corrected chi connectivity index (χ0v) is 23.0. The van der Waals surface area contributed by atoms with Crippen LogP contribution in [0.25, 0.3) is 11.1 Å². The Hall–Kier alpha value is -3.22. The number of ether oxygens (including phenoxy) is 2. The van der Waals surface area contributed by atoms with Gasteiger partial charge in [-0.15, -0.1) is 0 Å². The van der Waals surface area contributed by atoms with E-state index >= 15 is 4.39 Å². The number of piperidine rings is 1. The number of carbonyl (C=O) groups is 1. The maximum atomic E-state index is 15.1. The van der Waals surface area contributed by atoms with Crippen LogP contribution < -0.4 is 0 Å². The fourth-order valence-corrected chi connectivity index (χ4v) is 5.49. The maximum absolute atomic E-state index is 15.1. The van der Waals surface area contributed by atoms with Crippen LogP contribution in [0.15, 0.2) is 72.8 Å². The SMILES string of the molecule is CCc1cccc(-c2c(F)cccc2C(CCCC(O)C2CCN(C(=O)OCc3ccccc3)CC2)OC)c1. The second kappa shape index (κ2) is 14.2. The predicted molar refractivity (Wildman–Crippen MR) is 152 cm³/mol. The molecule has 2 unspecified atom stereocenters. The smallest absolute Gasteiger partial charge is 0.410 e. The number of methoxy groups -OCH3 is 1. The third-order valence-corrected chi connectivity index (χ3v) is 7.81. The molecule has 0 saturated carbocycles. The number of rotatable bonds is 11. The van der Waals surface area contributed by atoms with Gasteiger partial charge in [-0.25, -0.2) is 9.18 Å². The Balaban J connectivity index is 1.27. The predicted octanol–water partition coefficient (Wildman–Crippen LogP) is 7.32. The lowest BCUT2D eigenvalue weighted by molar-refractivity contribution is 0.0362. The quantitative estimate of drug-likeness (QED) is 0.281. The zero-order chi connectivity index (χ0) is 27.6. The van der Waals surface area contributed by atoms with E-state index in [9.17, 15) is 9.90 Å². The minimum atomic E-state index is -0.446. The van der Waals surface area contributed by atoms with Crippen molar-refractivity contribution in [1.82, 2.24) is 4.90 Å². The first-order chi connectivity index (χ1) is 19.0. The van der Waals surface area contributed by atoms with Gasteiger partial charge in [-0.05, 0) is 72.8 Å². The Morgan fingerprint density at radius 1 is 1.00 bits per heavy atom. The van der Waals surface area contributed by atoms with Crippen molar-refractivity contribution in [2.75, 3.05) is 20.2 Å². The Morgan fingerprint density at radius 2 is 1.72 bits per heavy atom. The molecule has 1 amide bonds. The molecular weight excluding hydrogens is 493 g/mol. The standard InChI is InChI=1S/C33H40FNO4/c1-3-24-12-7-13-27(22-24)32-28(14-8-15-29(32)34)31(38-2)17-9-16-30(36)26-18-20-35(21-19-26)33(37)39-23-25-10-5-4-6-11-25/h4-8,10-15,22,26,30-31,36H,3,9,16-21,23H2,1-2H3. The lowest BCUT2D eigenvalue weighted by Crippen LogP contribution is -2.41. The molecule has 1 aliphatic heterocycles. The minimum absolute atomic E-state index is 0.144. The van der Waals surface area contributed by atoms with Crippen LogP contribution >= 0.6 is 0 Å². The lowest BCUT2D eigenvalue weighted by Gasteiger charge is -2.33. The summed E-state index contributed by atoms with van der Waals surface area (Å²) in [6, 6.07) is 22.8. The first kappa shape index (κ1) is 28.8. The molecule has 208 valence electrons. The van der Waals surface area contributed by atoms with Crippen molar-refractivity contribution in [2.45, 2.75) is 64.3 Å². The summed E-state index contributed by atoms with van der Waals surface area (Å²) >= 11 is 0. The van der Waals surface area contributed by atoms with E-state index < -0.39 is 6.10 Å². The van der Waals surface area contributed by atoms with Crippen LogP contribution in [0.1, 0.15) is 61.8 Å². The third-order valence-electron chi connectivity index (χ3n) is 7.81. The van der Waals surface area contributed by atoms with Crippen LogP contribution in [0.2, 0.25) is 0 Å². The lowest BCUT2D eigenvalue weighted by atomic mass is 9.87. The number of hydrogen-bond acceptors (Lipinski definition) is 4. The summed E-state index contributed by atoms with van der Waals surface area (Å²) in [4.78, 5) is 14.2. The van der Waals surface area contributed by atoms with E-state index in [0.717, 1.165) is 47.9 Å². The number of nitrogens with zero attached hydrogens (tertiary/aromatic N) is 1. The van der Waals surface area contributed by atoms with Crippen molar-refractivity contribution in [3.8, 4) is 11.1 Å². The van der Waals surface area contributed by atoms with Crippen LogP contribution in [0.3, 0.4) is 0 Å². The third kappa shape index (κ3) is 7.68. The molecule has 1 fully saturated rings. The zero-order valence-electron chi connectivity index (χ0n) is 23.0. The highest BCUT2D eigenvalue weighted by Gasteiger charge is 2.28. The molecule has 0 radical (unpaired) electrons. The van der Waals surface area contributed by atoms with Crippen molar-refractivity contribution in [3.05, 3.63) is 95.3 Å². The van der Waals surface area contributed by atoms with Gasteiger partial charge in [0.25, 0.3) is 0 Å². The second-order valence-electron chi connectivity index (χ2n) is 10.3. The summed E-state index contributed by atoms with van der Waals surface area (Å²) in [6.45, 7) is 3.52. The van der Waals surface area contributed by atoms with Crippen LogP contribution in [0.5, 0.6) is 0 Å². The molecule has 39 heavy (non-hydrogen) atoms. The number of aliphatic hydroxyl groups excluding tert-OH is 1. The van der Waals surface area contributed by atoms with Gasteiger partial charge in [-0.3, -0.25) is 0 Å². The van der Waals surface area contributed by atoms with Crippen LogP contribution in [-0.4, -0.2) is 42.4 Å². The van der Waals surface area contributed by atoms with Crippen molar-refractivity contribution in [3.63, 3.8) is 0 Å². The van der Waals surface area contributed by atoms with Gasteiger partial charge in [0, 0.05) is 25.8 Å². The number of aryl methyl sites for hydroxylation is 1. The van der Waals surface area contributed by atoms with E-state index in [-0.39, 0.29) is 30.5 Å². The Kier molecular flexibility index (Phi) is 10.5. The molecule has 5 nitrogen and oxygen atoms in total. The van der Waals surface area contributed by atoms with Crippen molar-refractivity contribution in [1.29, 1.82) is 0 Å². The number of carbonyl (C=O) groups excluding carboxylic acids is 1. The molecule has 1 heterocycles.